The highest BCUT2D eigenvalue weighted by Gasteiger charge is 2.19. The number of carbonyl (C=O) groups is 3. The molecule has 0 bridgehead atoms. The van der Waals surface area contributed by atoms with Crippen molar-refractivity contribution in [1.82, 2.24) is 0 Å². The van der Waals surface area contributed by atoms with Crippen molar-refractivity contribution in [2.75, 3.05) is 13.2 Å². The summed E-state index contributed by atoms with van der Waals surface area (Å²) in [6, 6.07) is 0. The van der Waals surface area contributed by atoms with Crippen LogP contribution in [0.15, 0.2) is 122 Å². The summed E-state index contributed by atoms with van der Waals surface area (Å²) in [5.41, 5.74) is 0. The van der Waals surface area contributed by atoms with Gasteiger partial charge in [-0.3, -0.25) is 14.4 Å². The Morgan fingerprint density at radius 1 is 0.276 bits per heavy atom. The summed E-state index contributed by atoms with van der Waals surface area (Å²) in [7, 11) is 0. The van der Waals surface area contributed by atoms with Crippen molar-refractivity contribution in [2.45, 2.75) is 290 Å². The third-order valence-electron chi connectivity index (χ3n) is 13.2. The van der Waals surface area contributed by atoms with Crippen LogP contribution in [-0.4, -0.2) is 37.2 Å². The van der Waals surface area contributed by atoms with Gasteiger partial charge in [0.25, 0.3) is 0 Å². The van der Waals surface area contributed by atoms with Crippen LogP contribution >= 0.6 is 0 Å². The monoisotopic (exact) mass is 1050 g/mol. The molecule has 6 nitrogen and oxygen atoms in total. The maximum absolute atomic E-state index is 12.9. The number of esters is 3. The van der Waals surface area contributed by atoms with E-state index >= 15 is 0 Å². The molecule has 0 aromatic rings. The largest absolute Gasteiger partial charge is 0.462 e. The fourth-order valence-electron chi connectivity index (χ4n) is 8.50. The molecule has 0 spiro atoms. The summed E-state index contributed by atoms with van der Waals surface area (Å²) in [6.07, 6.45) is 87.6. The van der Waals surface area contributed by atoms with E-state index < -0.39 is 6.10 Å². The first-order valence-electron chi connectivity index (χ1n) is 31.5. The Balaban J connectivity index is 4.39. The first-order chi connectivity index (χ1) is 37.5. The van der Waals surface area contributed by atoms with Crippen LogP contribution < -0.4 is 0 Å². The Bertz CT molecular complexity index is 1590. The molecule has 0 aromatic heterocycles. The molecule has 0 aliphatic heterocycles. The van der Waals surface area contributed by atoms with Crippen molar-refractivity contribution in [3.8, 4) is 0 Å². The van der Waals surface area contributed by atoms with E-state index in [-0.39, 0.29) is 31.1 Å². The zero-order chi connectivity index (χ0) is 55.0. The van der Waals surface area contributed by atoms with E-state index in [1.54, 1.807) is 0 Å². The summed E-state index contributed by atoms with van der Waals surface area (Å²) >= 11 is 0. The van der Waals surface area contributed by atoms with E-state index in [4.69, 9.17) is 14.2 Å². The predicted molar refractivity (Wildman–Crippen MR) is 330 cm³/mol. The minimum absolute atomic E-state index is 0.0901. The molecule has 76 heavy (non-hydrogen) atoms. The summed E-state index contributed by atoms with van der Waals surface area (Å²) in [6.45, 7) is 6.37. The maximum Gasteiger partial charge on any atom is 0.306 e. The molecule has 0 fully saturated rings. The molecule has 0 rings (SSSR count). The van der Waals surface area contributed by atoms with Gasteiger partial charge < -0.3 is 14.2 Å². The summed E-state index contributed by atoms with van der Waals surface area (Å²) in [5.74, 6) is -0.912. The average Bonchev–Trinajstić information content (AvgIpc) is 3.42. The highest BCUT2D eigenvalue weighted by atomic mass is 16.6. The van der Waals surface area contributed by atoms with Crippen molar-refractivity contribution in [1.29, 1.82) is 0 Å². The quantitative estimate of drug-likeness (QED) is 0.0261. The van der Waals surface area contributed by atoms with Gasteiger partial charge in [-0.15, -0.1) is 0 Å². The number of carbonyl (C=O) groups excluding carboxylic acids is 3. The van der Waals surface area contributed by atoms with E-state index in [1.807, 2.05) is 0 Å². The van der Waals surface area contributed by atoms with Crippen LogP contribution in [0.3, 0.4) is 0 Å². The van der Waals surface area contributed by atoms with Gasteiger partial charge in [0.2, 0.25) is 0 Å². The summed E-state index contributed by atoms with van der Waals surface area (Å²) in [5, 5.41) is 0. The third kappa shape index (κ3) is 60.7. The third-order valence-corrected chi connectivity index (χ3v) is 13.2. The molecule has 0 radical (unpaired) electrons. The van der Waals surface area contributed by atoms with E-state index in [1.165, 1.54) is 103 Å². The number of hydrogen-bond acceptors (Lipinski definition) is 6. The number of rotatable bonds is 56. The molecule has 6 heteroatoms. The van der Waals surface area contributed by atoms with Gasteiger partial charge in [-0.05, 0) is 122 Å². The topological polar surface area (TPSA) is 78.9 Å². The summed E-state index contributed by atoms with van der Waals surface area (Å²) in [4.78, 5) is 38.3. The molecule has 1 unspecified atom stereocenters. The van der Waals surface area contributed by atoms with Crippen LogP contribution in [0.2, 0.25) is 0 Å². The average molecular weight is 1050 g/mol. The van der Waals surface area contributed by atoms with E-state index in [0.717, 1.165) is 141 Å². The predicted octanol–water partition coefficient (Wildman–Crippen LogP) is 21.6. The maximum atomic E-state index is 12.9. The zero-order valence-corrected chi connectivity index (χ0v) is 49.5. The minimum Gasteiger partial charge on any atom is -0.462 e. The standard InChI is InChI=1S/C70H116O6/c1-4-7-10-13-16-19-22-25-28-30-32-34-35-37-38-40-42-45-48-51-54-57-60-63-69(72)75-66-67(65-74-68(71)62-59-56-53-50-47-44-27-24-21-18-15-12-9-6-3)76-70(73)64-61-58-55-52-49-46-43-41-39-36-33-31-29-26-23-20-17-14-11-8-5-2/h7-8,10-11,15-20,24-29,32-34,36,67H,4-6,9,12-14,21-23,30-31,35,37-66H2,1-3H3/b10-7-,11-8-,18-15-,19-16-,20-17-,27-24-,28-25-,29-26-,34-32-,36-33-. The smallest absolute Gasteiger partial charge is 0.306 e. The van der Waals surface area contributed by atoms with Gasteiger partial charge >= 0.3 is 17.9 Å². The van der Waals surface area contributed by atoms with Gasteiger partial charge in [-0.25, -0.2) is 0 Å². The Hall–Kier alpha value is -4.19. The van der Waals surface area contributed by atoms with Crippen molar-refractivity contribution >= 4 is 17.9 Å². The van der Waals surface area contributed by atoms with Crippen LogP contribution in [0, 0.1) is 0 Å². The molecule has 0 aliphatic carbocycles. The SMILES string of the molecule is CC/C=C\C/C=C\C/C=C\C/C=C\CCCCCCCCCCCCC(=O)OCC(COC(=O)CCCCCCC/C=C\C/C=C\CCCC)OC(=O)CCCCCCCCCC/C=C\C/C=C\C/C=C\C/C=C\CC. The van der Waals surface area contributed by atoms with Crippen LogP contribution in [0.1, 0.15) is 284 Å². The van der Waals surface area contributed by atoms with Gasteiger partial charge in [-0.2, -0.15) is 0 Å². The van der Waals surface area contributed by atoms with Gasteiger partial charge in [0.1, 0.15) is 13.2 Å². The lowest BCUT2D eigenvalue weighted by Gasteiger charge is -2.18. The molecule has 1 atom stereocenters. The van der Waals surface area contributed by atoms with Crippen LogP contribution in [0.25, 0.3) is 0 Å². The zero-order valence-electron chi connectivity index (χ0n) is 49.5. The molecule has 0 saturated heterocycles. The second-order valence-corrected chi connectivity index (χ2v) is 20.5. The van der Waals surface area contributed by atoms with Crippen LogP contribution in [0.5, 0.6) is 0 Å². The Morgan fingerprint density at radius 3 is 0.803 bits per heavy atom. The molecule has 432 valence electrons. The number of allylic oxidation sites excluding steroid dienone is 20. The van der Waals surface area contributed by atoms with Gasteiger partial charge in [-0.1, -0.05) is 264 Å². The van der Waals surface area contributed by atoms with E-state index in [2.05, 4.69) is 142 Å². The van der Waals surface area contributed by atoms with E-state index in [0.29, 0.717) is 19.3 Å². The molecule has 0 amide bonds. The fraction of sp³-hybridized carbons (Fsp3) is 0.671. The Labute approximate surface area is 469 Å². The lowest BCUT2D eigenvalue weighted by atomic mass is 10.1. The van der Waals surface area contributed by atoms with Crippen LogP contribution in [0.4, 0.5) is 0 Å². The molecular weight excluding hydrogens is 937 g/mol. The molecule has 0 aliphatic rings. The van der Waals surface area contributed by atoms with Crippen LogP contribution in [-0.2, 0) is 28.6 Å². The molecular formula is C70H116O6. The molecule has 0 aromatic carbocycles. The van der Waals surface area contributed by atoms with Crippen molar-refractivity contribution < 1.29 is 28.6 Å². The minimum atomic E-state index is -0.795. The highest BCUT2D eigenvalue weighted by molar-refractivity contribution is 5.71. The van der Waals surface area contributed by atoms with Gasteiger partial charge in [0.05, 0.1) is 0 Å². The number of hydrogen-bond donors (Lipinski definition) is 0. The second-order valence-electron chi connectivity index (χ2n) is 20.5. The Kier molecular flexibility index (Phi) is 59.9. The molecule has 0 N–H and O–H groups in total. The normalized spacial score (nSPS) is 12.9. The first-order valence-corrected chi connectivity index (χ1v) is 31.5. The molecule has 0 saturated carbocycles. The van der Waals surface area contributed by atoms with Crippen molar-refractivity contribution in [3.05, 3.63) is 122 Å². The lowest BCUT2D eigenvalue weighted by Crippen LogP contribution is -2.30. The number of unbranched alkanes of at least 4 members (excludes halogenated alkanes) is 25. The fourth-order valence-corrected chi connectivity index (χ4v) is 8.50. The van der Waals surface area contributed by atoms with Gasteiger partial charge in [0.15, 0.2) is 6.10 Å². The molecule has 0 heterocycles. The van der Waals surface area contributed by atoms with Crippen molar-refractivity contribution in [2.24, 2.45) is 0 Å². The Morgan fingerprint density at radius 2 is 0.513 bits per heavy atom. The van der Waals surface area contributed by atoms with Crippen molar-refractivity contribution in [3.63, 3.8) is 0 Å². The first kappa shape index (κ1) is 71.8. The van der Waals surface area contributed by atoms with Gasteiger partial charge in [0, 0.05) is 19.3 Å². The highest BCUT2D eigenvalue weighted by Crippen LogP contribution is 2.15. The number of ether oxygens (including phenoxy) is 3. The van der Waals surface area contributed by atoms with E-state index in [9.17, 15) is 14.4 Å². The lowest BCUT2D eigenvalue weighted by molar-refractivity contribution is -0.167. The second kappa shape index (κ2) is 63.3. The summed E-state index contributed by atoms with van der Waals surface area (Å²) < 4.78 is 16.9.